The second-order valence-corrected chi connectivity index (χ2v) is 6.59. The minimum absolute atomic E-state index is 0.0730. The van der Waals surface area contributed by atoms with Crippen LogP contribution in [0.3, 0.4) is 0 Å². The third kappa shape index (κ3) is 2.72. The highest BCUT2D eigenvalue weighted by Crippen LogP contribution is 2.41. The van der Waals surface area contributed by atoms with E-state index in [-0.39, 0.29) is 6.10 Å². The lowest BCUT2D eigenvalue weighted by molar-refractivity contribution is 0.0586. The molecule has 0 amide bonds. The molecule has 1 fully saturated rings. The molecule has 1 heteroatoms. The number of rotatable bonds is 4. The maximum Gasteiger partial charge on any atom is 0.0574 e. The summed E-state index contributed by atoms with van der Waals surface area (Å²) in [7, 11) is 0. The highest BCUT2D eigenvalue weighted by atomic mass is 16.3. The van der Waals surface area contributed by atoms with Gasteiger partial charge in [0.1, 0.15) is 0 Å². The van der Waals surface area contributed by atoms with E-state index >= 15 is 0 Å². The minimum atomic E-state index is -0.0730. The van der Waals surface area contributed by atoms with Gasteiger partial charge in [0.25, 0.3) is 0 Å². The van der Waals surface area contributed by atoms with E-state index in [1.54, 1.807) is 0 Å². The number of hydrogen-bond donors (Lipinski definition) is 1. The van der Waals surface area contributed by atoms with Gasteiger partial charge in [0.2, 0.25) is 0 Å². The first-order valence-electron chi connectivity index (χ1n) is 8.03. The Morgan fingerprint density at radius 2 is 1.89 bits per heavy atom. The van der Waals surface area contributed by atoms with Crippen LogP contribution in [0.2, 0.25) is 0 Å². The van der Waals surface area contributed by atoms with Crippen LogP contribution < -0.4 is 0 Å². The van der Waals surface area contributed by atoms with Crippen LogP contribution in [-0.2, 0) is 6.42 Å². The summed E-state index contributed by atoms with van der Waals surface area (Å²) < 4.78 is 0. The highest BCUT2D eigenvalue weighted by molar-refractivity contribution is 5.39. The molecule has 0 aromatic heterocycles. The number of benzene rings is 1. The lowest BCUT2D eigenvalue weighted by Crippen LogP contribution is -2.30. The van der Waals surface area contributed by atoms with Gasteiger partial charge in [0.05, 0.1) is 6.10 Å². The maximum absolute atomic E-state index is 10.5. The van der Waals surface area contributed by atoms with Gasteiger partial charge in [-0.15, -0.1) is 0 Å². The molecule has 2 unspecified atom stereocenters. The first-order chi connectivity index (χ1) is 9.28. The van der Waals surface area contributed by atoms with E-state index in [1.165, 1.54) is 49.7 Å². The van der Waals surface area contributed by atoms with Crippen molar-refractivity contribution >= 4 is 0 Å². The van der Waals surface area contributed by atoms with Gasteiger partial charge < -0.3 is 5.11 Å². The Morgan fingerprint density at radius 1 is 1.16 bits per heavy atom. The lowest BCUT2D eigenvalue weighted by Gasteiger charge is -2.36. The first kappa shape index (κ1) is 13.2. The lowest BCUT2D eigenvalue weighted by atomic mass is 9.71. The summed E-state index contributed by atoms with van der Waals surface area (Å²) in [5, 5.41) is 10.5. The van der Waals surface area contributed by atoms with Crippen LogP contribution in [0.5, 0.6) is 0 Å². The standard InChI is InChI=1S/C18H26O/c1-2-13-7-9-14(10-8-13)18(19)12-16-11-15-5-3-4-6-17(15)16/h3-6,13-14,16,18-19H,2,7-12H2,1H3. The summed E-state index contributed by atoms with van der Waals surface area (Å²) >= 11 is 0. The molecule has 1 aromatic rings. The molecule has 0 spiro atoms. The van der Waals surface area contributed by atoms with Crippen molar-refractivity contribution in [2.24, 2.45) is 11.8 Å². The van der Waals surface area contributed by atoms with E-state index in [9.17, 15) is 5.11 Å². The molecule has 2 aliphatic rings. The van der Waals surface area contributed by atoms with Gasteiger partial charge in [-0.05, 0) is 54.6 Å². The van der Waals surface area contributed by atoms with Crippen molar-refractivity contribution in [1.29, 1.82) is 0 Å². The molecule has 0 heterocycles. The fourth-order valence-electron chi connectivity index (χ4n) is 4.04. The predicted octanol–water partition coefficient (Wildman–Crippen LogP) is 4.29. The van der Waals surface area contributed by atoms with E-state index in [2.05, 4.69) is 31.2 Å². The van der Waals surface area contributed by atoms with Crippen molar-refractivity contribution in [3.05, 3.63) is 35.4 Å². The highest BCUT2D eigenvalue weighted by Gasteiger charge is 2.32. The maximum atomic E-state index is 10.5. The molecule has 2 aliphatic carbocycles. The zero-order valence-corrected chi connectivity index (χ0v) is 12.0. The first-order valence-corrected chi connectivity index (χ1v) is 8.03. The monoisotopic (exact) mass is 258 g/mol. The summed E-state index contributed by atoms with van der Waals surface area (Å²) in [4.78, 5) is 0. The molecule has 1 saturated carbocycles. The average molecular weight is 258 g/mol. The Morgan fingerprint density at radius 3 is 2.58 bits per heavy atom. The summed E-state index contributed by atoms with van der Waals surface area (Å²) in [5.74, 6) is 2.11. The zero-order chi connectivity index (χ0) is 13.2. The average Bonchev–Trinajstić information content (AvgIpc) is 2.44. The van der Waals surface area contributed by atoms with Crippen LogP contribution in [0.15, 0.2) is 24.3 Å². The third-order valence-electron chi connectivity index (χ3n) is 5.50. The van der Waals surface area contributed by atoms with Gasteiger partial charge in [-0.2, -0.15) is 0 Å². The molecule has 1 nitrogen and oxygen atoms in total. The molecule has 0 radical (unpaired) electrons. The van der Waals surface area contributed by atoms with Crippen LogP contribution in [0.1, 0.15) is 62.5 Å². The van der Waals surface area contributed by atoms with E-state index < -0.39 is 0 Å². The Bertz CT molecular complexity index is 417. The fourth-order valence-corrected chi connectivity index (χ4v) is 4.04. The molecule has 0 bridgehead atoms. The number of aliphatic hydroxyl groups is 1. The molecular weight excluding hydrogens is 232 g/mol. The van der Waals surface area contributed by atoms with Crippen molar-refractivity contribution in [1.82, 2.24) is 0 Å². The Labute approximate surface area is 117 Å². The van der Waals surface area contributed by atoms with Gasteiger partial charge in [-0.1, -0.05) is 50.5 Å². The summed E-state index contributed by atoms with van der Waals surface area (Å²) in [5.41, 5.74) is 2.98. The van der Waals surface area contributed by atoms with Crippen LogP contribution in [0, 0.1) is 11.8 Å². The van der Waals surface area contributed by atoms with Crippen molar-refractivity contribution in [3.63, 3.8) is 0 Å². The van der Waals surface area contributed by atoms with Gasteiger partial charge >= 0.3 is 0 Å². The number of hydrogen-bond acceptors (Lipinski definition) is 1. The number of aliphatic hydroxyl groups excluding tert-OH is 1. The Balaban J connectivity index is 1.52. The molecule has 1 aromatic carbocycles. The molecule has 0 saturated heterocycles. The molecule has 19 heavy (non-hydrogen) atoms. The SMILES string of the molecule is CCC1CCC(C(O)CC2Cc3ccccc32)CC1. The van der Waals surface area contributed by atoms with Crippen molar-refractivity contribution in [3.8, 4) is 0 Å². The molecule has 104 valence electrons. The Kier molecular flexibility index (Phi) is 3.93. The normalized spacial score (nSPS) is 31.4. The summed E-state index contributed by atoms with van der Waals surface area (Å²) in [6.07, 6.45) is 8.56. The topological polar surface area (TPSA) is 20.2 Å². The zero-order valence-electron chi connectivity index (χ0n) is 12.0. The van der Waals surface area contributed by atoms with E-state index in [1.807, 2.05) is 0 Å². The summed E-state index contributed by atoms with van der Waals surface area (Å²) in [6, 6.07) is 8.72. The van der Waals surface area contributed by atoms with Gasteiger partial charge in [0.15, 0.2) is 0 Å². The van der Waals surface area contributed by atoms with Crippen molar-refractivity contribution < 1.29 is 5.11 Å². The van der Waals surface area contributed by atoms with Gasteiger partial charge in [0, 0.05) is 0 Å². The van der Waals surface area contributed by atoms with Crippen LogP contribution in [-0.4, -0.2) is 11.2 Å². The second-order valence-electron chi connectivity index (χ2n) is 6.59. The van der Waals surface area contributed by atoms with Gasteiger partial charge in [-0.3, -0.25) is 0 Å². The predicted molar refractivity (Wildman–Crippen MR) is 79.2 cm³/mol. The largest absolute Gasteiger partial charge is 0.393 e. The van der Waals surface area contributed by atoms with Crippen molar-refractivity contribution in [2.75, 3.05) is 0 Å². The Hall–Kier alpha value is -0.820. The quantitative estimate of drug-likeness (QED) is 0.854. The smallest absolute Gasteiger partial charge is 0.0574 e. The van der Waals surface area contributed by atoms with E-state index in [0.717, 1.165) is 12.3 Å². The molecule has 1 N–H and O–H groups in total. The second kappa shape index (κ2) is 5.66. The number of fused-ring (bicyclic) bond motifs is 1. The molecule has 2 atom stereocenters. The summed E-state index contributed by atoms with van der Waals surface area (Å²) in [6.45, 7) is 2.30. The molecule has 0 aliphatic heterocycles. The van der Waals surface area contributed by atoms with Gasteiger partial charge in [-0.25, -0.2) is 0 Å². The fraction of sp³-hybridized carbons (Fsp3) is 0.667. The molecule has 3 rings (SSSR count). The van der Waals surface area contributed by atoms with E-state index in [4.69, 9.17) is 0 Å². The minimum Gasteiger partial charge on any atom is -0.393 e. The van der Waals surface area contributed by atoms with Crippen LogP contribution >= 0.6 is 0 Å². The van der Waals surface area contributed by atoms with Crippen LogP contribution in [0.25, 0.3) is 0 Å². The molecular formula is C18H26O. The third-order valence-corrected chi connectivity index (χ3v) is 5.50. The van der Waals surface area contributed by atoms with Crippen LogP contribution in [0.4, 0.5) is 0 Å². The van der Waals surface area contributed by atoms with E-state index in [0.29, 0.717) is 11.8 Å². The van der Waals surface area contributed by atoms with Crippen molar-refractivity contribution in [2.45, 2.75) is 63.9 Å².